The van der Waals surface area contributed by atoms with Crippen LogP contribution in [0, 0.1) is 18.8 Å². The van der Waals surface area contributed by atoms with Crippen LogP contribution in [0.4, 0.5) is 11.5 Å². The Kier molecular flexibility index (Phi) is 6.06. The molecule has 2 aliphatic heterocycles. The van der Waals surface area contributed by atoms with E-state index < -0.39 is 0 Å². The van der Waals surface area contributed by atoms with Gasteiger partial charge in [-0.15, -0.1) is 5.10 Å². The van der Waals surface area contributed by atoms with E-state index in [2.05, 4.69) is 15.5 Å². The third-order valence-corrected chi connectivity index (χ3v) is 5.74. The van der Waals surface area contributed by atoms with E-state index in [1.807, 2.05) is 67.0 Å². The van der Waals surface area contributed by atoms with Gasteiger partial charge in [-0.05, 0) is 43.3 Å². The van der Waals surface area contributed by atoms with Crippen LogP contribution in [-0.2, 0) is 9.59 Å². The molecule has 2 saturated heterocycles. The number of anilines is 2. The fraction of sp³-hybridized carbons (Fsp3) is 0.478. The molecule has 1 aromatic heterocycles. The molecule has 2 amide bonds. The number of aryl methyl sites for hydroxylation is 1. The SMILES string of the molecule is Cc1ccc(N2CC(C(=O)Nc3ccc(O[C@@H]4CCN(C(=O)C(C)C)C4)cc3)C2)nn1. The van der Waals surface area contributed by atoms with Crippen molar-refractivity contribution in [1.29, 1.82) is 0 Å². The number of rotatable bonds is 6. The van der Waals surface area contributed by atoms with Crippen LogP contribution in [-0.4, -0.2) is 59.2 Å². The molecule has 3 heterocycles. The zero-order valence-electron chi connectivity index (χ0n) is 18.2. The molecule has 4 rings (SSSR count). The minimum atomic E-state index is -0.0676. The zero-order chi connectivity index (χ0) is 22.0. The van der Waals surface area contributed by atoms with Crippen molar-refractivity contribution < 1.29 is 14.3 Å². The second-order valence-corrected chi connectivity index (χ2v) is 8.62. The van der Waals surface area contributed by atoms with E-state index in [1.54, 1.807) is 0 Å². The van der Waals surface area contributed by atoms with Gasteiger partial charge in [-0.3, -0.25) is 9.59 Å². The summed E-state index contributed by atoms with van der Waals surface area (Å²) in [5, 5.41) is 11.2. The van der Waals surface area contributed by atoms with Gasteiger partial charge in [0.1, 0.15) is 11.9 Å². The first-order chi connectivity index (χ1) is 14.9. The van der Waals surface area contributed by atoms with Crippen LogP contribution >= 0.6 is 0 Å². The summed E-state index contributed by atoms with van der Waals surface area (Å²) in [6.07, 6.45) is 0.842. The molecule has 164 valence electrons. The molecule has 1 N–H and O–H groups in total. The number of carbonyl (C=O) groups is 2. The molecule has 0 saturated carbocycles. The lowest BCUT2D eigenvalue weighted by molar-refractivity contribution is -0.133. The molecular formula is C23H29N5O3. The minimum Gasteiger partial charge on any atom is -0.489 e. The van der Waals surface area contributed by atoms with Crippen LogP contribution < -0.4 is 15.0 Å². The lowest BCUT2D eigenvalue weighted by Crippen LogP contribution is -2.52. The van der Waals surface area contributed by atoms with Gasteiger partial charge in [0.15, 0.2) is 5.82 Å². The fourth-order valence-corrected chi connectivity index (χ4v) is 3.84. The van der Waals surface area contributed by atoms with E-state index in [1.165, 1.54) is 0 Å². The fourth-order valence-electron chi connectivity index (χ4n) is 3.84. The monoisotopic (exact) mass is 423 g/mol. The summed E-state index contributed by atoms with van der Waals surface area (Å²) >= 11 is 0. The standard InChI is InChI=1S/C23H29N5O3/c1-15(2)23(30)27-11-10-20(14-27)31-19-7-5-18(6-8-19)24-22(29)17-12-28(13-17)21-9-4-16(3)25-26-21/h4-9,15,17,20H,10-14H2,1-3H3,(H,24,29)/t20-/m1/s1. The maximum absolute atomic E-state index is 12.5. The highest BCUT2D eigenvalue weighted by molar-refractivity contribution is 5.94. The molecule has 1 atom stereocenters. The molecular weight excluding hydrogens is 394 g/mol. The van der Waals surface area contributed by atoms with Crippen LogP contribution in [0.2, 0.25) is 0 Å². The molecule has 2 fully saturated rings. The smallest absolute Gasteiger partial charge is 0.231 e. The average molecular weight is 424 g/mol. The van der Waals surface area contributed by atoms with Gasteiger partial charge < -0.3 is 19.9 Å². The Balaban J connectivity index is 1.23. The molecule has 8 nitrogen and oxygen atoms in total. The van der Waals surface area contributed by atoms with Gasteiger partial charge in [0, 0.05) is 37.7 Å². The second kappa shape index (κ2) is 8.91. The van der Waals surface area contributed by atoms with E-state index in [9.17, 15) is 9.59 Å². The predicted molar refractivity (Wildman–Crippen MR) is 118 cm³/mol. The first-order valence-corrected chi connectivity index (χ1v) is 10.8. The molecule has 31 heavy (non-hydrogen) atoms. The quantitative estimate of drug-likeness (QED) is 0.768. The predicted octanol–water partition coefficient (Wildman–Crippen LogP) is 2.50. The summed E-state index contributed by atoms with van der Waals surface area (Å²) in [5.74, 6) is 1.67. The van der Waals surface area contributed by atoms with Gasteiger partial charge in [-0.1, -0.05) is 13.8 Å². The number of carbonyl (C=O) groups excluding carboxylic acids is 2. The van der Waals surface area contributed by atoms with Crippen LogP contribution in [0.5, 0.6) is 5.75 Å². The number of likely N-dealkylation sites (tertiary alicyclic amines) is 1. The Morgan fingerprint density at radius 2 is 1.81 bits per heavy atom. The van der Waals surface area contributed by atoms with Crippen molar-refractivity contribution >= 4 is 23.3 Å². The highest BCUT2D eigenvalue weighted by Gasteiger charge is 2.33. The number of nitrogens with one attached hydrogen (secondary N) is 1. The molecule has 0 unspecified atom stereocenters. The number of aromatic nitrogens is 2. The van der Waals surface area contributed by atoms with Crippen molar-refractivity contribution in [3.63, 3.8) is 0 Å². The molecule has 0 aliphatic carbocycles. The lowest BCUT2D eigenvalue weighted by atomic mass is 9.99. The third kappa shape index (κ3) is 4.95. The van der Waals surface area contributed by atoms with Gasteiger partial charge in [0.25, 0.3) is 0 Å². The van der Waals surface area contributed by atoms with Crippen LogP contribution in [0.15, 0.2) is 36.4 Å². The minimum absolute atomic E-state index is 0.00335. The maximum Gasteiger partial charge on any atom is 0.231 e. The molecule has 0 bridgehead atoms. The van der Waals surface area contributed by atoms with Crippen LogP contribution in [0.1, 0.15) is 26.0 Å². The number of benzene rings is 1. The van der Waals surface area contributed by atoms with Gasteiger partial charge in [-0.2, -0.15) is 5.10 Å². The Morgan fingerprint density at radius 1 is 1.06 bits per heavy atom. The Hall–Kier alpha value is -3.16. The van der Waals surface area contributed by atoms with Crippen molar-refractivity contribution in [2.45, 2.75) is 33.3 Å². The Labute approximate surface area is 182 Å². The van der Waals surface area contributed by atoms with Gasteiger partial charge in [-0.25, -0.2) is 0 Å². The maximum atomic E-state index is 12.5. The van der Waals surface area contributed by atoms with Crippen molar-refractivity contribution in [2.24, 2.45) is 11.8 Å². The summed E-state index contributed by atoms with van der Waals surface area (Å²) in [5.41, 5.74) is 1.62. The summed E-state index contributed by atoms with van der Waals surface area (Å²) in [4.78, 5) is 28.5. The lowest BCUT2D eigenvalue weighted by Gasteiger charge is -2.38. The first-order valence-electron chi connectivity index (χ1n) is 10.8. The van der Waals surface area contributed by atoms with Crippen molar-refractivity contribution in [3.8, 4) is 5.75 Å². The average Bonchev–Trinajstić information content (AvgIpc) is 3.17. The highest BCUT2D eigenvalue weighted by atomic mass is 16.5. The number of amides is 2. The third-order valence-electron chi connectivity index (χ3n) is 5.74. The van der Waals surface area contributed by atoms with Gasteiger partial charge >= 0.3 is 0 Å². The summed E-state index contributed by atoms with van der Waals surface area (Å²) in [6, 6.07) is 11.3. The molecule has 0 spiro atoms. The molecule has 8 heteroatoms. The molecule has 0 radical (unpaired) electrons. The number of nitrogens with zero attached hydrogens (tertiary/aromatic N) is 4. The zero-order valence-corrected chi connectivity index (χ0v) is 18.2. The largest absolute Gasteiger partial charge is 0.489 e. The normalized spacial score (nSPS) is 18.8. The summed E-state index contributed by atoms with van der Waals surface area (Å²) in [7, 11) is 0. The van der Waals surface area contributed by atoms with Crippen molar-refractivity contribution in [2.75, 3.05) is 36.4 Å². The number of hydrogen-bond donors (Lipinski definition) is 1. The van der Waals surface area contributed by atoms with Crippen LogP contribution in [0.3, 0.4) is 0 Å². The van der Waals surface area contributed by atoms with E-state index >= 15 is 0 Å². The van der Waals surface area contributed by atoms with E-state index in [4.69, 9.17) is 4.74 Å². The van der Waals surface area contributed by atoms with Crippen LogP contribution in [0.25, 0.3) is 0 Å². The van der Waals surface area contributed by atoms with E-state index in [0.717, 1.165) is 35.9 Å². The summed E-state index contributed by atoms with van der Waals surface area (Å²) < 4.78 is 6.02. The van der Waals surface area contributed by atoms with E-state index in [0.29, 0.717) is 19.6 Å². The highest BCUT2D eigenvalue weighted by Crippen LogP contribution is 2.25. The van der Waals surface area contributed by atoms with Crippen molar-refractivity contribution in [1.82, 2.24) is 15.1 Å². The first kappa shape index (κ1) is 21.1. The number of hydrogen-bond acceptors (Lipinski definition) is 6. The molecule has 2 aliphatic rings. The number of ether oxygens (including phenoxy) is 1. The Morgan fingerprint density at radius 3 is 2.45 bits per heavy atom. The van der Waals surface area contributed by atoms with Gasteiger partial charge in [0.2, 0.25) is 11.8 Å². The molecule has 1 aromatic carbocycles. The second-order valence-electron chi connectivity index (χ2n) is 8.62. The Bertz CT molecular complexity index is 923. The topological polar surface area (TPSA) is 87.7 Å². The molecule has 2 aromatic rings. The van der Waals surface area contributed by atoms with E-state index in [-0.39, 0.29) is 29.8 Å². The van der Waals surface area contributed by atoms with Gasteiger partial charge in [0.05, 0.1) is 18.2 Å². The van der Waals surface area contributed by atoms with Crippen molar-refractivity contribution in [3.05, 3.63) is 42.1 Å². The summed E-state index contributed by atoms with van der Waals surface area (Å²) in [6.45, 7) is 8.37.